The van der Waals surface area contributed by atoms with Gasteiger partial charge in [0.2, 0.25) is 0 Å². The van der Waals surface area contributed by atoms with Gasteiger partial charge in [0.15, 0.2) is 10.5 Å². The number of esters is 1. The molecule has 0 N–H and O–H groups in total. The number of rotatable bonds is 5. The quantitative estimate of drug-likeness (QED) is 0.365. The van der Waals surface area contributed by atoms with E-state index in [4.69, 9.17) is 4.74 Å². The number of benzene rings is 1. The number of amides is 1. The Morgan fingerprint density at radius 3 is 2.71 bits per heavy atom. The fourth-order valence-corrected chi connectivity index (χ4v) is 3.62. The van der Waals surface area contributed by atoms with Crippen molar-refractivity contribution in [3.8, 4) is 0 Å². The summed E-state index contributed by atoms with van der Waals surface area (Å²) in [5, 5.41) is 15.1. The topological polar surface area (TPSA) is 122 Å². The smallest absolute Gasteiger partial charge is 0.326 e. The maximum atomic E-state index is 12.5. The van der Waals surface area contributed by atoms with Crippen LogP contribution >= 0.6 is 11.3 Å². The molecule has 0 saturated heterocycles. The van der Waals surface area contributed by atoms with Crippen molar-refractivity contribution in [2.45, 2.75) is 20.4 Å². The summed E-state index contributed by atoms with van der Waals surface area (Å²) in [6, 6.07) is 5.86. The van der Waals surface area contributed by atoms with Crippen molar-refractivity contribution in [1.82, 2.24) is 14.3 Å². The molecule has 2 heterocycles. The average molecular weight is 403 g/mol. The number of carbonyl (C=O) groups is 2. The molecule has 0 saturated carbocycles. The van der Waals surface area contributed by atoms with E-state index < -0.39 is 16.8 Å². The van der Waals surface area contributed by atoms with Gasteiger partial charge in [-0.15, -0.1) is 0 Å². The van der Waals surface area contributed by atoms with E-state index in [9.17, 15) is 19.7 Å². The summed E-state index contributed by atoms with van der Waals surface area (Å²) >= 11 is 1.08. The zero-order valence-corrected chi connectivity index (χ0v) is 16.2. The molecule has 0 bridgehead atoms. The van der Waals surface area contributed by atoms with Gasteiger partial charge in [-0.2, -0.15) is 10.1 Å². The van der Waals surface area contributed by atoms with Crippen molar-refractivity contribution in [2.24, 2.45) is 12.0 Å². The van der Waals surface area contributed by atoms with Gasteiger partial charge in [0.1, 0.15) is 6.54 Å². The Morgan fingerprint density at radius 1 is 1.36 bits per heavy atom. The van der Waals surface area contributed by atoms with Gasteiger partial charge in [0.25, 0.3) is 11.6 Å². The predicted molar refractivity (Wildman–Crippen MR) is 101 cm³/mol. The normalized spacial score (nSPS) is 11.8. The number of fused-ring (bicyclic) bond motifs is 1. The first-order valence-electron chi connectivity index (χ1n) is 8.33. The Hall–Kier alpha value is -3.34. The SMILES string of the molecule is CCOC(=O)Cn1c(=NC(=O)c2cc(C)n(C)n2)sc2cc([N+](=O)[O-])ccc21. The Kier molecular flexibility index (Phi) is 5.36. The van der Waals surface area contributed by atoms with Crippen molar-refractivity contribution in [3.05, 3.63) is 50.6 Å². The van der Waals surface area contributed by atoms with Crippen LogP contribution in [-0.4, -0.2) is 37.8 Å². The van der Waals surface area contributed by atoms with Gasteiger partial charge in [-0.25, -0.2) is 0 Å². The molecule has 3 aromatic rings. The first-order valence-corrected chi connectivity index (χ1v) is 9.15. The number of aryl methyl sites for hydroxylation is 2. The summed E-state index contributed by atoms with van der Waals surface area (Å²) in [4.78, 5) is 39.4. The van der Waals surface area contributed by atoms with E-state index >= 15 is 0 Å². The van der Waals surface area contributed by atoms with E-state index in [1.165, 1.54) is 22.8 Å². The molecule has 0 radical (unpaired) electrons. The van der Waals surface area contributed by atoms with Crippen molar-refractivity contribution >= 4 is 39.1 Å². The minimum atomic E-state index is -0.567. The molecule has 3 rings (SSSR count). The second-order valence-corrected chi connectivity index (χ2v) is 6.91. The van der Waals surface area contributed by atoms with E-state index in [1.807, 2.05) is 6.92 Å². The van der Waals surface area contributed by atoms with Crippen LogP contribution in [0.15, 0.2) is 29.3 Å². The number of nitrogens with zero attached hydrogens (tertiary/aromatic N) is 5. The summed E-state index contributed by atoms with van der Waals surface area (Å²) in [6.45, 7) is 3.55. The van der Waals surface area contributed by atoms with Gasteiger partial charge >= 0.3 is 5.97 Å². The third-order valence-electron chi connectivity index (χ3n) is 4.00. The lowest BCUT2D eigenvalue weighted by atomic mass is 10.3. The third-order valence-corrected chi connectivity index (χ3v) is 5.04. The van der Waals surface area contributed by atoms with Crippen molar-refractivity contribution in [1.29, 1.82) is 0 Å². The number of hydrogen-bond donors (Lipinski definition) is 0. The highest BCUT2D eigenvalue weighted by molar-refractivity contribution is 7.16. The minimum Gasteiger partial charge on any atom is -0.465 e. The highest BCUT2D eigenvalue weighted by Crippen LogP contribution is 2.23. The fourth-order valence-electron chi connectivity index (χ4n) is 2.56. The van der Waals surface area contributed by atoms with Crippen LogP contribution in [0.5, 0.6) is 0 Å². The lowest BCUT2D eigenvalue weighted by Gasteiger charge is -2.04. The minimum absolute atomic E-state index is 0.0877. The summed E-state index contributed by atoms with van der Waals surface area (Å²) in [5.41, 5.74) is 1.43. The molecule has 1 aromatic carbocycles. The molecule has 146 valence electrons. The Labute approximate surface area is 162 Å². The van der Waals surface area contributed by atoms with Crippen LogP contribution in [-0.2, 0) is 23.1 Å². The molecule has 28 heavy (non-hydrogen) atoms. The maximum absolute atomic E-state index is 12.5. The molecule has 11 heteroatoms. The number of carbonyl (C=O) groups excluding carboxylic acids is 2. The summed E-state index contributed by atoms with van der Waals surface area (Å²) in [6.07, 6.45) is 0. The molecular weight excluding hydrogens is 386 g/mol. The molecule has 10 nitrogen and oxygen atoms in total. The zero-order valence-electron chi connectivity index (χ0n) is 15.4. The number of nitro groups is 1. The summed E-state index contributed by atoms with van der Waals surface area (Å²) in [5.74, 6) is -1.06. The summed E-state index contributed by atoms with van der Waals surface area (Å²) in [7, 11) is 1.71. The largest absolute Gasteiger partial charge is 0.465 e. The summed E-state index contributed by atoms with van der Waals surface area (Å²) < 4.78 is 8.58. The van der Waals surface area contributed by atoms with Gasteiger partial charge < -0.3 is 9.30 Å². The van der Waals surface area contributed by atoms with E-state index in [1.54, 1.807) is 24.7 Å². The van der Waals surface area contributed by atoms with Crippen LogP contribution in [0.25, 0.3) is 10.2 Å². The molecule has 0 fully saturated rings. The van der Waals surface area contributed by atoms with Gasteiger partial charge in [-0.05, 0) is 26.0 Å². The maximum Gasteiger partial charge on any atom is 0.326 e. The van der Waals surface area contributed by atoms with Gasteiger partial charge in [-0.1, -0.05) is 11.3 Å². The highest BCUT2D eigenvalue weighted by atomic mass is 32.1. The standard InChI is InChI=1S/C17H17N5O5S/c1-4-27-15(23)9-21-13-6-5-11(22(25)26)8-14(13)28-17(21)18-16(24)12-7-10(2)20(3)19-12/h5-8H,4,9H2,1-3H3. The fraction of sp³-hybridized carbons (Fsp3) is 0.294. The van der Waals surface area contributed by atoms with Crippen LogP contribution in [0.3, 0.4) is 0 Å². The van der Waals surface area contributed by atoms with Gasteiger partial charge in [-0.3, -0.25) is 24.4 Å². The van der Waals surface area contributed by atoms with Crippen molar-refractivity contribution in [3.63, 3.8) is 0 Å². The van der Waals surface area contributed by atoms with Gasteiger partial charge in [0.05, 0.1) is 21.7 Å². The molecule has 0 aliphatic carbocycles. The van der Waals surface area contributed by atoms with Crippen LogP contribution in [0, 0.1) is 17.0 Å². The van der Waals surface area contributed by atoms with Crippen LogP contribution in [0.4, 0.5) is 5.69 Å². The third kappa shape index (κ3) is 3.83. The van der Waals surface area contributed by atoms with E-state index in [0.29, 0.717) is 10.2 Å². The van der Waals surface area contributed by atoms with Crippen LogP contribution in [0.1, 0.15) is 23.1 Å². The number of non-ortho nitro benzene ring substituents is 1. The second kappa shape index (κ2) is 7.72. The Bertz CT molecular complexity index is 1140. The predicted octanol–water partition coefficient (Wildman–Crippen LogP) is 1.96. The molecular formula is C17H17N5O5S. The molecule has 0 unspecified atom stereocenters. The first kappa shape index (κ1) is 19.4. The van der Waals surface area contributed by atoms with Crippen LogP contribution in [0.2, 0.25) is 0 Å². The Balaban J connectivity index is 2.14. The lowest BCUT2D eigenvalue weighted by molar-refractivity contribution is -0.384. The number of nitro benzene ring substituents is 1. The Morgan fingerprint density at radius 2 is 2.11 bits per heavy atom. The van der Waals surface area contributed by atoms with E-state index in [0.717, 1.165) is 17.0 Å². The molecule has 0 aliphatic rings. The van der Waals surface area contributed by atoms with E-state index in [-0.39, 0.29) is 29.3 Å². The van der Waals surface area contributed by atoms with Crippen LogP contribution < -0.4 is 4.80 Å². The van der Waals surface area contributed by atoms with Gasteiger partial charge in [0, 0.05) is 24.9 Å². The number of hydrogen-bond acceptors (Lipinski definition) is 7. The van der Waals surface area contributed by atoms with E-state index in [2.05, 4.69) is 10.1 Å². The molecule has 2 aromatic heterocycles. The highest BCUT2D eigenvalue weighted by Gasteiger charge is 2.16. The van der Waals surface area contributed by atoms with Crippen molar-refractivity contribution < 1.29 is 19.2 Å². The molecule has 1 amide bonds. The first-order chi connectivity index (χ1) is 13.3. The molecule has 0 spiro atoms. The zero-order chi connectivity index (χ0) is 20.4. The second-order valence-electron chi connectivity index (χ2n) is 5.90. The molecule has 0 aliphatic heterocycles. The molecule has 0 atom stereocenters. The average Bonchev–Trinajstić information content (AvgIpc) is 3.15. The van der Waals surface area contributed by atoms with Crippen molar-refractivity contribution in [2.75, 3.05) is 6.61 Å². The monoisotopic (exact) mass is 403 g/mol. The number of ether oxygens (including phenoxy) is 1. The number of thiazole rings is 1. The number of aromatic nitrogens is 3. The lowest BCUT2D eigenvalue weighted by Crippen LogP contribution is -2.23.